The zero-order valence-electron chi connectivity index (χ0n) is 13.4. The third-order valence-corrected chi connectivity index (χ3v) is 5.75. The highest BCUT2D eigenvalue weighted by molar-refractivity contribution is 7.20. The summed E-state index contributed by atoms with van der Waals surface area (Å²) in [5.74, 6) is -0.308. The minimum atomic E-state index is -0.516. The number of nitrogens with zero attached hydrogens (tertiary/aromatic N) is 1. The second kappa shape index (κ2) is 7.36. The molecule has 4 nitrogen and oxygen atoms in total. The number of hydrogen-bond acceptors (Lipinski definition) is 3. The number of thiophene rings is 1. The molecular formula is C18H19ClN2O2S. The number of fused-ring (bicyclic) bond motifs is 1. The minimum absolute atomic E-state index is 0.0193. The standard InChI is InChI=1S/C18H19ClN2O2S/c1-12(18(23)21-10-4-5-11-21)20-16(22)9-8-15-17(19)13-6-2-3-7-14(13)24-15/h2-3,6-9,12H,4-5,10-11H2,1H3,(H,20,22)/b9-8-/t12-/m0/s1. The fourth-order valence-corrected chi connectivity index (χ4v) is 4.22. The molecule has 1 aliphatic heterocycles. The Hall–Kier alpha value is -1.85. The molecule has 126 valence electrons. The van der Waals surface area contributed by atoms with Gasteiger partial charge in [-0.1, -0.05) is 29.8 Å². The highest BCUT2D eigenvalue weighted by Gasteiger charge is 2.23. The summed E-state index contributed by atoms with van der Waals surface area (Å²) in [6.07, 6.45) is 5.22. The number of rotatable bonds is 4. The molecule has 6 heteroatoms. The van der Waals surface area contributed by atoms with E-state index >= 15 is 0 Å². The van der Waals surface area contributed by atoms with E-state index < -0.39 is 6.04 Å². The first-order valence-corrected chi connectivity index (χ1v) is 9.20. The van der Waals surface area contributed by atoms with Gasteiger partial charge in [-0.3, -0.25) is 9.59 Å². The van der Waals surface area contributed by atoms with Crippen molar-refractivity contribution in [3.63, 3.8) is 0 Å². The predicted octanol–water partition coefficient (Wildman–Crippen LogP) is 3.70. The molecule has 3 rings (SSSR count). The van der Waals surface area contributed by atoms with Crippen molar-refractivity contribution in [2.75, 3.05) is 13.1 Å². The summed E-state index contributed by atoms with van der Waals surface area (Å²) in [5, 5.41) is 4.37. The van der Waals surface area contributed by atoms with Crippen molar-refractivity contribution in [3.05, 3.63) is 40.2 Å². The lowest BCUT2D eigenvalue weighted by Crippen LogP contribution is -2.45. The maximum atomic E-state index is 12.2. The second-order valence-corrected chi connectivity index (χ2v) is 7.33. The molecular weight excluding hydrogens is 344 g/mol. The van der Waals surface area contributed by atoms with E-state index in [1.807, 2.05) is 24.3 Å². The fourth-order valence-electron chi connectivity index (χ4n) is 2.83. The Bertz CT molecular complexity index is 793. The van der Waals surface area contributed by atoms with Crippen LogP contribution < -0.4 is 5.32 Å². The SMILES string of the molecule is C[C@H](NC(=O)/C=C\c1sc2ccccc2c1Cl)C(=O)N1CCCC1. The van der Waals surface area contributed by atoms with Gasteiger partial charge in [0, 0.05) is 34.1 Å². The molecule has 2 amide bonds. The van der Waals surface area contributed by atoms with Crippen LogP contribution in [0.1, 0.15) is 24.6 Å². The lowest BCUT2D eigenvalue weighted by Gasteiger charge is -2.20. The van der Waals surface area contributed by atoms with E-state index in [2.05, 4.69) is 5.32 Å². The smallest absolute Gasteiger partial charge is 0.244 e. The summed E-state index contributed by atoms with van der Waals surface area (Å²) in [6.45, 7) is 3.29. The van der Waals surface area contributed by atoms with E-state index in [9.17, 15) is 9.59 Å². The van der Waals surface area contributed by atoms with Crippen molar-refractivity contribution in [2.24, 2.45) is 0 Å². The molecule has 24 heavy (non-hydrogen) atoms. The van der Waals surface area contributed by atoms with Gasteiger partial charge in [-0.15, -0.1) is 11.3 Å². The van der Waals surface area contributed by atoms with Crippen molar-refractivity contribution < 1.29 is 9.59 Å². The number of nitrogens with one attached hydrogen (secondary N) is 1. The number of likely N-dealkylation sites (tertiary alicyclic amines) is 1. The molecule has 1 aromatic carbocycles. The molecule has 2 heterocycles. The van der Waals surface area contributed by atoms with Gasteiger partial charge < -0.3 is 10.2 Å². The van der Waals surface area contributed by atoms with Crippen molar-refractivity contribution in [2.45, 2.75) is 25.8 Å². The van der Waals surface area contributed by atoms with E-state index in [0.717, 1.165) is 40.9 Å². The van der Waals surface area contributed by atoms with Crippen LogP contribution in [0.15, 0.2) is 30.3 Å². The first-order chi connectivity index (χ1) is 11.6. The summed E-state index contributed by atoms with van der Waals surface area (Å²) in [4.78, 5) is 26.9. The molecule has 1 saturated heterocycles. The van der Waals surface area contributed by atoms with Crippen molar-refractivity contribution in [3.8, 4) is 0 Å². The predicted molar refractivity (Wildman–Crippen MR) is 99.3 cm³/mol. The summed E-state index contributed by atoms with van der Waals surface area (Å²) in [5.41, 5.74) is 0. The minimum Gasteiger partial charge on any atom is -0.341 e. The molecule has 1 aromatic heterocycles. The summed E-state index contributed by atoms with van der Waals surface area (Å²) < 4.78 is 1.08. The Balaban J connectivity index is 1.64. The summed E-state index contributed by atoms with van der Waals surface area (Å²) in [7, 11) is 0. The second-order valence-electron chi connectivity index (χ2n) is 5.87. The average Bonchev–Trinajstić information content (AvgIpc) is 3.21. The van der Waals surface area contributed by atoms with E-state index in [0.29, 0.717) is 5.02 Å². The van der Waals surface area contributed by atoms with Crippen LogP contribution >= 0.6 is 22.9 Å². The van der Waals surface area contributed by atoms with Crippen LogP contribution in [0.2, 0.25) is 5.02 Å². The van der Waals surface area contributed by atoms with Gasteiger partial charge in [-0.2, -0.15) is 0 Å². The molecule has 1 aliphatic rings. The monoisotopic (exact) mass is 362 g/mol. The number of hydrogen-bond donors (Lipinski definition) is 1. The van der Waals surface area contributed by atoms with Crippen LogP contribution in [0.25, 0.3) is 16.2 Å². The molecule has 0 aliphatic carbocycles. The lowest BCUT2D eigenvalue weighted by atomic mass is 10.2. The fraction of sp³-hybridized carbons (Fsp3) is 0.333. The Kier molecular flexibility index (Phi) is 5.21. The number of amides is 2. The van der Waals surface area contributed by atoms with E-state index in [1.165, 1.54) is 17.4 Å². The lowest BCUT2D eigenvalue weighted by molar-refractivity contribution is -0.134. The van der Waals surface area contributed by atoms with Gasteiger partial charge in [0.1, 0.15) is 6.04 Å². The maximum Gasteiger partial charge on any atom is 0.244 e. The molecule has 2 aromatic rings. The van der Waals surface area contributed by atoms with Crippen molar-refractivity contribution in [1.29, 1.82) is 0 Å². The molecule has 0 unspecified atom stereocenters. The molecule has 1 fully saturated rings. The molecule has 0 radical (unpaired) electrons. The first-order valence-electron chi connectivity index (χ1n) is 8.00. The summed E-state index contributed by atoms with van der Waals surface area (Å²) >= 11 is 7.89. The van der Waals surface area contributed by atoms with Gasteiger partial charge in [0.25, 0.3) is 0 Å². The summed E-state index contributed by atoms with van der Waals surface area (Å²) in [6, 6.07) is 7.34. The highest BCUT2D eigenvalue weighted by atomic mass is 35.5. The largest absolute Gasteiger partial charge is 0.341 e. The normalized spacial score (nSPS) is 16.0. The molecule has 0 spiro atoms. The van der Waals surface area contributed by atoms with Crippen LogP contribution in [0, 0.1) is 0 Å². The molecule has 1 atom stereocenters. The van der Waals surface area contributed by atoms with E-state index in [4.69, 9.17) is 11.6 Å². The van der Waals surface area contributed by atoms with Crippen LogP contribution in [-0.2, 0) is 9.59 Å². The van der Waals surface area contributed by atoms with Gasteiger partial charge in [0.15, 0.2) is 0 Å². The maximum absolute atomic E-state index is 12.2. The van der Waals surface area contributed by atoms with Gasteiger partial charge >= 0.3 is 0 Å². The van der Waals surface area contributed by atoms with Gasteiger partial charge in [0.2, 0.25) is 11.8 Å². The average molecular weight is 363 g/mol. The van der Waals surface area contributed by atoms with Gasteiger partial charge in [-0.05, 0) is 31.9 Å². The van der Waals surface area contributed by atoms with Crippen molar-refractivity contribution in [1.82, 2.24) is 10.2 Å². The zero-order chi connectivity index (χ0) is 17.1. The molecule has 1 N–H and O–H groups in total. The number of carbonyl (C=O) groups excluding carboxylic acids is 2. The van der Waals surface area contributed by atoms with E-state index in [-0.39, 0.29) is 11.8 Å². The Morgan fingerprint density at radius 3 is 2.71 bits per heavy atom. The van der Waals surface area contributed by atoms with Gasteiger partial charge in [-0.25, -0.2) is 0 Å². The van der Waals surface area contributed by atoms with Crippen LogP contribution in [0.4, 0.5) is 0 Å². The zero-order valence-corrected chi connectivity index (χ0v) is 15.0. The Morgan fingerprint density at radius 2 is 2.00 bits per heavy atom. The number of carbonyl (C=O) groups is 2. The highest BCUT2D eigenvalue weighted by Crippen LogP contribution is 2.35. The first kappa shape index (κ1) is 17.0. The topological polar surface area (TPSA) is 49.4 Å². The number of halogens is 1. The van der Waals surface area contributed by atoms with Crippen LogP contribution in [-0.4, -0.2) is 35.8 Å². The number of benzene rings is 1. The third-order valence-electron chi connectivity index (χ3n) is 4.09. The molecule has 0 saturated carbocycles. The van der Waals surface area contributed by atoms with Crippen LogP contribution in [0.3, 0.4) is 0 Å². The van der Waals surface area contributed by atoms with E-state index in [1.54, 1.807) is 17.9 Å². The van der Waals surface area contributed by atoms with Gasteiger partial charge in [0.05, 0.1) is 5.02 Å². The Labute approximate surface area is 150 Å². The van der Waals surface area contributed by atoms with Crippen LogP contribution in [0.5, 0.6) is 0 Å². The quantitative estimate of drug-likeness (QED) is 0.843. The Morgan fingerprint density at radius 1 is 1.29 bits per heavy atom. The van der Waals surface area contributed by atoms with Crippen molar-refractivity contribution >= 4 is 50.9 Å². The third kappa shape index (κ3) is 3.62. The molecule has 0 bridgehead atoms.